The van der Waals surface area contributed by atoms with Crippen molar-refractivity contribution < 1.29 is 9.53 Å². The van der Waals surface area contributed by atoms with Crippen LogP contribution >= 0.6 is 11.3 Å². The molecule has 2 unspecified atom stereocenters. The number of nitrogens with one attached hydrogen (secondary N) is 1. The lowest BCUT2D eigenvalue weighted by Crippen LogP contribution is -2.14. The fraction of sp³-hybridized carbons (Fsp3) is 0.263. The van der Waals surface area contributed by atoms with Crippen LogP contribution in [0.5, 0.6) is 5.75 Å². The number of anilines is 1. The Labute approximate surface area is 144 Å². The molecule has 1 N–H and O–H groups in total. The molecular weight excluding hydrogens is 320 g/mol. The lowest BCUT2D eigenvalue weighted by molar-refractivity contribution is -0.117. The van der Waals surface area contributed by atoms with Crippen molar-refractivity contribution in [1.29, 1.82) is 0 Å². The maximum absolute atomic E-state index is 12.4. The van der Waals surface area contributed by atoms with Crippen molar-refractivity contribution in [1.82, 2.24) is 4.98 Å². The van der Waals surface area contributed by atoms with Crippen LogP contribution in [0.25, 0.3) is 10.2 Å². The van der Waals surface area contributed by atoms with Gasteiger partial charge in [0.05, 0.1) is 16.8 Å². The average Bonchev–Trinajstić information content (AvgIpc) is 3.30. The van der Waals surface area contributed by atoms with Crippen LogP contribution in [-0.4, -0.2) is 17.5 Å². The van der Waals surface area contributed by atoms with E-state index in [2.05, 4.69) is 22.4 Å². The third-order valence-electron chi connectivity index (χ3n) is 4.26. The summed E-state index contributed by atoms with van der Waals surface area (Å²) in [6, 6.07) is 16.0. The number of fused-ring (bicyclic) bond motifs is 1. The number of rotatable bonds is 5. The smallest absolute Gasteiger partial charge is 0.229 e. The van der Waals surface area contributed by atoms with E-state index in [0.29, 0.717) is 17.7 Å². The maximum Gasteiger partial charge on any atom is 0.229 e. The van der Waals surface area contributed by atoms with E-state index in [0.717, 1.165) is 22.4 Å². The zero-order chi connectivity index (χ0) is 16.5. The number of benzene rings is 2. The molecule has 4 rings (SSSR count). The summed E-state index contributed by atoms with van der Waals surface area (Å²) in [5.41, 5.74) is 2.12. The van der Waals surface area contributed by atoms with E-state index in [9.17, 15) is 4.79 Å². The Morgan fingerprint density at radius 3 is 2.92 bits per heavy atom. The molecule has 2 aromatic carbocycles. The topological polar surface area (TPSA) is 51.2 Å². The van der Waals surface area contributed by atoms with Gasteiger partial charge in [0.1, 0.15) is 5.75 Å². The molecule has 5 heteroatoms. The molecule has 3 aromatic rings. The molecule has 0 bridgehead atoms. The summed E-state index contributed by atoms with van der Waals surface area (Å²) in [7, 11) is 0. The first-order valence-corrected chi connectivity index (χ1v) is 8.95. The van der Waals surface area contributed by atoms with E-state index in [1.165, 1.54) is 16.9 Å². The van der Waals surface area contributed by atoms with Gasteiger partial charge in [-0.25, -0.2) is 4.98 Å². The Bertz CT molecular complexity index is 875. The molecule has 2 atom stereocenters. The summed E-state index contributed by atoms with van der Waals surface area (Å²) in [6.07, 6.45) is 0.912. The van der Waals surface area contributed by atoms with E-state index in [-0.39, 0.29) is 11.8 Å². The molecule has 1 aliphatic rings. The number of carbonyl (C=O) groups is 1. The molecule has 24 heavy (non-hydrogen) atoms. The van der Waals surface area contributed by atoms with Gasteiger partial charge in [0.25, 0.3) is 0 Å². The Morgan fingerprint density at radius 1 is 1.29 bits per heavy atom. The molecule has 122 valence electrons. The summed E-state index contributed by atoms with van der Waals surface area (Å²) < 4.78 is 6.53. The lowest BCUT2D eigenvalue weighted by Gasteiger charge is -2.01. The van der Waals surface area contributed by atoms with E-state index >= 15 is 0 Å². The van der Waals surface area contributed by atoms with Crippen molar-refractivity contribution in [2.75, 3.05) is 11.9 Å². The number of aromatic nitrogens is 1. The van der Waals surface area contributed by atoms with Gasteiger partial charge in [0.15, 0.2) is 5.13 Å². The number of thiazole rings is 1. The lowest BCUT2D eigenvalue weighted by atomic mass is 10.1. The van der Waals surface area contributed by atoms with Gasteiger partial charge in [-0.1, -0.05) is 41.7 Å². The van der Waals surface area contributed by atoms with Crippen LogP contribution in [0.3, 0.4) is 0 Å². The first-order chi connectivity index (χ1) is 11.7. The van der Waals surface area contributed by atoms with Crippen LogP contribution in [-0.2, 0) is 4.79 Å². The number of nitrogens with zero attached hydrogens (tertiary/aromatic N) is 1. The third-order valence-corrected chi connectivity index (χ3v) is 5.19. The van der Waals surface area contributed by atoms with Crippen molar-refractivity contribution in [3.05, 3.63) is 54.1 Å². The van der Waals surface area contributed by atoms with Crippen LogP contribution in [0.15, 0.2) is 48.5 Å². The quantitative estimate of drug-likeness (QED) is 0.748. The van der Waals surface area contributed by atoms with Crippen molar-refractivity contribution in [2.24, 2.45) is 5.92 Å². The first-order valence-electron chi connectivity index (χ1n) is 8.14. The highest BCUT2D eigenvalue weighted by Crippen LogP contribution is 2.48. The van der Waals surface area contributed by atoms with Crippen molar-refractivity contribution in [3.8, 4) is 5.75 Å². The molecule has 0 saturated heterocycles. The molecular formula is C19H18N2O2S. The van der Waals surface area contributed by atoms with E-state index < -0.39 is 0 Å². The van der Waals surface area contributed by atoms with Gasteiger partial charge in [0, 0.05) is 5.92 Å². The van der Waals surface area contributed by atoms with Crippen LogP contribution in [0, 0.1) is 5.92 Å². The zero-order valence-corrected chi connectivity index (χ0v) is 14.2. The number of amides is 1. The molecule has 1 amide bonds. The largest absolute Gasteiger partial charge is 0.494 e. The van der Waals surface area contributed by atoms with Gasteiger partial charge in [-0.3, -0.25) is 4.79 Å². The van der Waals surface area contributed by atoms with Crippen LogP contribution in [0.1, 0.15) is 24.8 Å². The third kappa shape index (κ3) is 2.99. The minimum Gasteiger partial charge on any atom is -0.494 e. The number of hydrogen-bond donors (Lipinski definition) is 1. The Kier molecular flexibility index (Phi) is 3.94. The van der Waals surface area contributed by atoms with E-state index in [1.807, 2.05) is 43.3 Å². The molecule has 1 saturated carbocycles. The average molecular weight is 338 g/mol. The number of hydrogen-bond acceptors (Lipinski definition) is 4. The van der Waals surface area contributed by atoms with Gasteiger partial charge in [-0.05, 0) is 43.0 Å². The van der Waals surface area contributed by atoms with Crippen LogP contribution in [0.4, 0.5) is 5.13 Å². The van der Waals surface area contributed by atoms with Gasteiger partial charge < -0.3 is 10.1 Å². The SMILES string of the molecule is CCOc1ccc2nc(NC(=O)C3CC3c3ccccc3)sc2c1. The fourth-order valence-electron chi connectivity index (χ4n) is 2.97. The number of carbonyl (C=O) groups excluding carboxylic acids is 1. The molecule has 1 aliphatic carbocycles. The summed E-state index contributed by atoms with van der Waals surface area (Å²) >= 11 is 1.48. The molecule has 0 radical (unpaired) electrons. The first kappa shape index (κ1) is 15.1. The fourth-order valence-corrected chi connectivity index (χ4v) is 3.86. The highest BCUT2D eigenvalue weighted by Gasteiger charge is 2.44. The Hall–Kier alpha value is -2.40. The summed E-state index contributed by atoms with van der Waals surface area (Å²) in [6.45, 7) is 2.60. The molecule has 1 heterocycles. The predicted molar refractivity (Wildman–Crippen MR) is 96.7 cm³/mol. The molecule has 1 aromatic heterocycles. The zero-order valence-electron chi connectivity index (χ0n) is 13.4. The second-order valence-electron chi connectivity index (χ2n) is 5.93. The molecule has 4 nitrogen and oxygen atoms in total. The van der Waals surface area contributed by atoms with Crippen molar-refractivity contribution in [3.63, 3.8) is 0 Å². The highest BCUT2D eigenvalue weighted by atomic mass is 32.1. The molecule has 0 spiro atoms. The van der Waals surface area contributed by atoms with E-state index in [4.69, 9.17) is 4.74 Å². The summed E-state index contributed by atoms with van der Waals surface area (Å²) in [5, 5.41) is 3.63. The summed E-state index contributed by atoms with van der Waals surface area (Å²) in [4.78, 5) is 16.9. The van der Waals surface area contributed by atoms with Crippen molar-refractivity contribution >= 4 is 32.6 Å². The summed E-state index contributed by atoms with van der Waals surface area (Å²) in [5.74, 6) is 1.29. The molecule has 1 fully saturated rings. The van der Waals surface area contributed by atoms with Gasteiger partial charge in [0.2, 0.25) is 5.91 Å². The normalized spacial score (nSPS) is 19.2. The Balaban J connectivity index is 1.45. The number of ether oxygens (including phenoxy) is 1. The van der Waals surface area contributed by atoms with Gasteiger partial charge >= 0.3 is 0 Å². The second-order valence-corrected chi connectivity index (χ2v) is 6.96. The van der Waals surface area contributed by atoms with Crippen LogP contribution in [0.2, 0.25) is 0 Å². The minimum atomic E-state index is 0.0541. The standard InChI is InChI=1S/C19H18N2O2S/c1-2-23-13-8-9-16-17(10-13)24-19(20-16)21-18(22)15-11-14(15)12-6-4-3-5-7-12/h3-10,14-15H,2,11H2,1H3,(H,20,21,22). The monoisotopic (exact) mass is 338 g/mol. The second kappa shape index (κ2) is 6.24. The molecule has 0 aliphatic heterocycles. The van der Waals surface area contributed by atoms with E-state index in [1.54, 1.807) is 0 Å². The minimum absolute atomic E-state index is 0.0541. The predicted octanol–water partition coefficient (Wildman–Crippen LogP) is 4.44. The van der Waals surface area contributed by atoms with Crippen molar-refractivity contribution in [2.45, 2.75) is 19.3 Å². The van der Waals surface area contributed by atoms with Gasteiger partial charge in [-0.2, -0.15) is 0 Å². The van der Waals surface area contributed by atoms with Crippen LogP contribution < -0.4 is 10.1 Å². The van der Waals surface area contributed by atoms with Gasteiger partial charge in [-0.15, -0.1) is 0 Å². The highest BCUT2D eigenvalue weighted by molar-refractivity contribution is 7.22. The Morgan fingerprint density at radius 2 is 2.12 bits per heavy atom. The maximum atomic E-state index is 12.4.